The van der Waals surface area contributed by atoms with E-state index in [0.717, 1.165) is 6.08 Å². The zero-order valence-electron chi connectivity index (χ0n) is 8.14. The Labute approximate surface area is 93.6 Å². The fraction of sp³-hybridized carbons (Fsp3) is 0.667. The smallest absolute Gasteiger partial charge is 0.422 e. The molecule has 0 saturated heterocycles. The monoisotopic (exact) mass is 286 g/mol. The van der Waals surface area contributed by atoms with Gasteiger partial charge in [-0.2, -0.15) is 13.2 Å². The van der Waals surface area contributed by atoms with Crippen molar-refractivity contribution in [1.82, 2.24) is 0 Å². The van der Waals surface area contributed by atoms with Gasteiger partial charge in [0.1, 0.15) is 6.10 Å². The van der Waals surface area contributed by atoms with E-state index >= 15 is 0 Å². The van der Waals surface area contributed by atoms with Crippen molar-refractivity contribution in [3.63, 3.8) is 0 Å². The summed E-state index contributed by atoms with van der Waals surface area (Å²) in [5.74, 6) is -0.390. The highest BCUT2D eigenvalue weighted by molar-refractivity contribution is 9.11. The largest absolute Gasteiger partial charge is 0.463 e. The SMILES string of the molecule is CC1(C)C(/C=C(\Br)C(F)(F)F)C1OC=O. The Morgan fingerprint density at radius 2 is 2.00 bits per heavy atom. The first-order valence-corrected chi connectivity index (χ1v) is 5.04. The van der Waals surface area contributed by atoms with Crippen LogP contribution in [0.3, 0.4) is 0 Å². The number of alkyl halides is 3. The summed E-state index contributed by atoms with van der Waals surface area (Å²) in [6.07, 6.45) is -3.80. The molecule has 1 aliphatic rings. The summed E-state index contributed by atoms with van der Waals surface area (Å²) < 4.78 is 40.4. The zero-order chi connectivity index (χ0) is 11.9. The first-order chi connectivity index (χ1) is 6.71. The topological polar surface area (TPSA) is 26.3 Å². The number of ether oxygens (including phenoxy) is 1. The third-order valence-electron chi connectivity index (χ3n) is 2.61. The molecule has 0 aromatic rings. The van der Waals surface area contributed by atoms with E-state index in [1.54, 1.807) is 13.8 Å². The lowest BCUT2D eigenvalue weighted by Crippen LogP contribution is -2.07. The van der Waals surface area contributed by atoms with Crippen molar-refractivity contribution in [2.24, 2.45) is 11.3 Å². The molecule has 0 aliphatic heterocycles. The summed E-state index contributed by atoms with van der Waals surface area (Å²) in [6.45, 7) is 3.76. The van der Waals surface area contributed by atoms with Gasteiger partial charge in [0.15, 0.2) is 0 Å². The highest BCUT2D eigenvalue weighted by Gasteiger charge is 2.59. The predicted octanol–water partition coefficient (Wildman–Crippen LogP) is 3.03. The van der Waals surface area contributed by atoms with Crippen LogP contribution in [0.4, 0.5) is 13.2 Å². The molecule has 2 unspecified atom stereocenters. The average Bonchev–Trinajstić information content (AvgIpc) is 2.54. The number of rotatable bonds is 3. The van der Waals surface area contributed by atoms with Gasteiger partial charge in [-0.1, -0.05) is 19.9 Å². The number of carbonyl (C=O) groups is 1. The van der Waals surface area contributed by atoms with Crippen molar-refractivity contribution >= 4 is 22.4 Å². The van der Waals surface area contributed by atoms with Gasteiger partial charge >= 0.3 is 6.18 Å². The maximum absolute atomic E-state index is 12.2. The lowest BCUT2D eigenvalue weighted by atomic mass is 10.1. The standard InChI is InChI=1S/C9H10BrF3O2/c1-8(2)5(7(8)15-4-14)3-6(10)9(11,12)13/h3-5,7H,1-2H3/b6-3-. The van der Waals surface area contributed by atoms with Gasteiger partial charge < -0.3 is 4.74 Å². The molecule has 0 spiro atoms. The molecule has 86 valence electrons. The van der Waals surface area contributed by atoms with E-state index in [2.05, 4.69) is 20.7 Å². The van der Waals surface area contributed by atoms with Gasteiger partial charge in [0.2, 0.25) is 0 Å². The van der Waals surface area contributed by atoms with Gasteiger partial charge in [0.05, 0.1) is 4.48 Å². The summed E-state index contributed by atoms with van der Waals surface area (Å²) in [4.78, 5) is 10.1. The first-order valence-electron chi connectivity index (χ1n) is 4.25. The third kappa shape index (κ3) is 2.53. The van der Waals surface area contributed by atoms with Crippen LogP contribution in [0, 0.1) is 11.3 Å². The number of hydrogen-bond donors (Lipinski definition) is 0. The Morgan fingerprint density at radius 1 is 1.47 bits per heavy atom. The molecule has 0 N–H and O–H groups in total. The molecule has 0 bridgehead atoms. The number of carbonyl (C=O) groups excluding carboxylic acids is 1. The third-order valence-corrected chi connectivity index (χ3v) is 3.32. The van der Waals surface area contributed by atoms with Crippen molar-refractivity contribution in [2.45, 2.75) is 26.1 Å². The fourth-order valence-electron chi connectivity index (χ4n) is 1.50. The van der Waals surface area contributed by atoms with Crippen LogP contribution in [0.5, 0.6) is 0 Å². The van der Waals surface area contributed by atoms with Crippen LogP contribution in [0.2, 0.25) is 0 Å². The van der Waals surface area contributed by atoms with Crippen molar-refractivity contribution in [2.75, 3.05) is 0 Å². The molecule has 1 saturated carbocycles. The van der Waals surface area contributed by atoms with Gasteiger partial charge in [0.25, 0.3) is 6.47 Å². The van der Waals surface area contributed by atoms with E-state index in [0.29, 0.717) is 0 Å². The van der Waals surface area contributed by atoms with Gasteiger partial charge in [-0.3, -0.25) is 4.79 Å². The second-order valence-corrected chi connectivity index (χ2v) is 4.87. The summed E-state index contributed by atoms with van der Waals surface area (Å²) in [7, 11) is 0. The van der Waals surface area contributed by atoms with Crippen molar-refractivity contribution in [3.05, 3.63) is 10.6 Å². The summed E-state index contributed by atoms with van der Waals surface area (Å²) in [6, 6.07) is 0. The Kier molecular flexibility index (Phi) is 3.19. The van der Waals surface area contributed by atoms with Crippen LogP contribution >= 0.6 is 15.9 Å². The van der Waals surface area contributed by atoms with Gasteiger partial charge in [-0.15, -0.1) is 0 Å². The molecule has 0 radical (unpaired) electrons. The molecular formula is C9H10BrF3O2. The molecule has 1 fully saturated rings. The fourth-order valence-corrected chi connectivity index (χ4v) is 1.79. The van der Waals surface area contributed by atoms with E-state index in [1.165, 1.54) is 0 Å². The number of hydrogen-bond acceptors (Lipinski definition) is 2. The van der Waals surface area contributed by atoms with Crippen LogP contribution < -0.4 is 0 Å². The molecular weight excluding hydrogens is 277 g/mol. The van der Waals surface area contributed by atoms with Crippen molar-refractivity contribution in [1.29, 1.82) is 0 Å². The summed E-state index contributed by atoms with van der Waals surface area (Å²) >= 11 is 2.46. The Balaban J connectivity index is 2.73. The molecule has 15 heavy (non-hydrogen) atoms. The van der Waals surface area contributed by atoms with E-state index < -0.39 is 28.1 Å². The van der Waals surface area contributed by atoms with Gasteiger partial charge in [-0.25, -0.2) is 0 Å². The van der Waals surface area contributed by atoms with E-state index in [-0.39, 0.29) is 6.47 Å². The highest BCUT2D eigenvalue weighted by atomic mass is 79.9. The Hall–Kier alpha value is -0.520. The molecule has 2 atom stereocenters. The number of halogens is 4. The summed E-state index contributed by atoms with van der Waals surface area (Å²) in [5, 5.41) is 0. The van der Waals surface area contributed by atoms with E-state index in [4.69, 9.17) is 0 Å². The maximum Gasteiger partial charge on any atom is 0.422 e. The second kappa shape index (κ2) is 3.81. The van der Waals surface area contributed by atoms with E-state index in [1.807, 2.05) is 0 Å². The van der Waals surface area contributed by atoms with Crippen LogP contribution in [0.1, 0.15) is 13.8 Å². The minimum Gasteiger partial charge on any atom is -0.463 e. The van der Waals surface area contributed by atoms with Gasteiger partial charge in [-0.05, 0) is 15.9 Å². The second-order valence-electron chi connectivity index (χ2n) is 4.01. The molecule has 0 aromatic carbocycles. The first kappa shape index (κ1) is 12.5. The molecule has 0 aromatic heterocycles. The van der Waals surface area contributed by atoms with Gasteiger partial charge in [0, 0.05) is 11.3 Å². The van der Waals surface area contributed by atoms with Crippen LogP contribution in [-0.2, 0) is 9.53 Å². The molecule has 0 amide bonds. The zero-order valence-corrected chi connectivity index (χ0v) is 9.72. The molecule has 1 rings (SSSR count). The van der Waals surface area contributed by atoms with Crippen LogP contribution in [0.25, 0.3) is 0 Å². The average molecular weight is 287 g/mol. The van der Waals surface area contributed by atoms with Crippen LogP contribution in [-0.4, -0.2) is 18.8 Å². The predicted molar refractivity (Wildman–Crippen MR) is 51.3 cm³/mol. The minimum absolute atomic E-state index is 0.266. The van der Waals surface area contributed by atoms with E-state index in [9.17, 15) is 18.0 Å². The number of allylic oxidation sites excluding steroid dienone is 1. The Bertz CT molecular complexity index is 296. The molecule has 1 aliphatic carbocycles. The lowest BCUT2D eigenvalue weighted by molar-refractivity contribution is -0.130. The summed E-state index contributed by atoms with van der Waals surface area (Å²) in [5.41, 5.74) is -0.425. The quantitative estimate of drug-likeness (QED) is 0.746. The highest BCUT2D eigenvalue weighted by Crippen LogP contribution is 2.56. The van der Waals surface area contributed by atoms with Crippen molar-refractivity contribution in [3.8, 4) is 0 Å². The lowest BCUT2D eigenvalue weighted by Gasteiger charge is -2.04. The Morgan fingerprint density at radius 3 is 2.40 bits per heavy atom. The normalized spacial score (nSPS) is 29.9. The molecule has 2 nitrogen and oxygen atoms in total. The maximum atomic E-state index is 12.2. The molecule has 6 heteroatoms. The van der Waals surface area contributed by atoms with Crippen LogP contribution in [0.15, 0.2) is 10.6 Å². The van der Waals surface area contributed by atoms with Crippen molar-refractivity contribution < 1.29 is 22.7 Å². The molecule has 0 heterocycles. The minimum atomic E-state index is -4.38.